The number of nitrogens with zero attached hydrogens (tertiary/aromatic N) is 4. The Morgan fingerprint density at radius 2 is 2.00 bits per heavy atom. The number of carbonyl (C=O) groups is 1. The van der Waals surface area contributed by atoms with Gasteiger partial charge in [-0.3, -0.25) is 19.8 Å². The van der Waals surface area contributed by atoms with Gasteiger partial charge in [-0.05, 0) is 25.1 Å². The van der Waals surface area contributed by atoms with Crippen LogP contribution < -0.4 is 9.80 Å². The fraction of sp³-hybridized carbons (Fsp3) is 0.125. The largest absolute Gasteiger partial charge is 0.433 e. The lowest BCUT2D eigenvalue weighted by molar-refractivity contribution is -0.402. The van der Waals surface area contributed by atoms with E-state index in [-0.39, 0.29) is 11.6 Å². The van der Waals surface area contributed by atoms with E-state index in [4.69, 9.17) is 4.42 Å². The highest BCUT2D eigenvalue weighted by Gasteiger charge is 2.41. The summed E-state index contributed by atoms with van der Waals surface area (Å²) in [6.07, 6.45) is 1.47. The number of benzene rings is 1. The van der Waals surface area contributed by atoms with Crippen LogP contribution in [0.4, 0.5) is 17.3 Å². The summed E-state index contributed by atoms with van der Waals surface area (Å²) in [6, 6.07) is 10.4. The van der Waals surface area contributed by atoms with Gasteiger partial charge in [0.05, 0.1) is 17.4 Å². The fourth-order valence-electron chi connectivity index (χ4n) is 2.90. The molecule has 1 aromatic carbocycles. The highest BCUT2D eigenvalue weighted by Crippen LogP contribution is 2.42. The molecule has 2 aliphatic heterocycles. The Hall–Kier alpha value is -3.42. The van der Waals surface area contributed by atoms with Crippen molar-refractivity contribution < 1.29 is 14.1 Å². The van der Waals surface area contributed by atoms with Gasteiger partial charge in [0.25, 0.3) is 5.91 Å². The third-order valence-corrected chi connectivity index (χ3v) is 3.90. The molecular weight excluding hydrogens is 312 g/mol. The number of para-hydroxylation sites is 2. The minimum atomic E-state index is -0.621. The van der Waals surface area contributed by atoms with Crippen molar-refractivity contribution in [2.24, 2.45) is 4.99 Å². The number of aliphatic imine (C=N–C) groups is 1. The molecule has 1 amide bonds. The predicted molar refractivity (Wildman–Crippen MR) is 87.7 cm³/mol. The van der Waals surface area contributed by atoms with Crippen molar-refractivity contribution in [1.82, 2.24) is 0 Å². The molecule has 24 heavy (non-hydrogen) atoms. The van der Waals surface area contributed by atoms with Gasteiger partial charge in [-0.2, -0.15) is 4.99 Å². The number of rotatable bonds is 3. The first kappa shape index (κ1) is 14.2. The number of carbonyl (C=O) groups excluding carboxylic acids is 1. The third-order valence-electron chi connectivity index (χ3n) is 3.90. The van der Waals surface area contributed by atoms with Gasteiger partial charge >= 0.3 is 5.88 Å². The van der Waals surface area contributed by atoms with E-state index in [1.165, 1.54) is 18.2 Å². The van der Waals surface area contributed by atoms with Gasteiger partial charge in [-0.25, -0.2) is 0 Å². The van der Waals surface area contributed by atoms with Gasteiger partial charge in [0, 0.05) is 12.6 Å². The Labute approximate surface area is 136 Å². The summed E-state index contributed by atoms with van der Waals surface area (Å²) in [5, 5.41) is 10.7. The second-order valence-electron chi connectivity index (χ2n) is 5.25. The zero-order valence-corrected chi connectivity index (χ0v) is 12.7. The Kier molecular flexibility index (Phi) is 2.99. The fourth-order valence-corrected chi connectivity index (χ4v) is 2.90. The average molecular weight is 324 g/mol. The van der Waals surface area contributed by atoms with Crippen LogP contribution in [0.25, 0.3) is 6.08 Å². The molecule has 2 aliphatic rings. The quantitative estimate of drug-likeness (QED) is 0.490. The number of fused-ring (bicyclic) bond motifs is 3. The van der Waals surface area contributed by atoms with Crippen molar-refractivity contribution in [1.29, 1.82) is 0 Å². The molecule has 0 saturated carbocycles. The summed E-state index contributed by atoms with van der Waals surface area (Å²) in [5.41, 5.74) is 2.11. The SMILES string of the molecule is CCN1C2=NC(=O)/C(=C\c3ccc([N+](=O)[O-])o3)N2c2ccccc21. The maximum absolute atomic E-state index is 12.3. The van der Waals surface area contributed by atoms with E-state index in [9.17, 15) is 14.9 Å². The molecule has 0 aliphatic carbocycles. The molecule has 0 spiro atoms. The molecule has 3 heterocycles. The molecule has 0 fully saturated rings. The van der Waals surface area contributed by atoms with Crippen molar-refractivity contribution in [3.05, 3.63) is 58.0 Å². The number of furan rings is 1. The van der Waals surface area contributed by atoms with Gasteiger partial charge in [0.2, 0.25) is 5.96 Å². The van der Waals surface area contributed by atoms with Crippen LogP contribution in [-0.2, 0) is 4.79 Å². The molecule has 0 atom stereocenters. The zero-order valence-electron chi connectivity index (χ0n) is 12.7. The summed E-state index contributed by atoms with van der Waals surface area (Å²) in [7, 11) is 0. The van der Waals surface area contributed by atoms with Crippen LogP contribution >= 0.6 is 0 Å². The smallest absolute Gasteiger partial charge is 0.401 e. The van der Waals surface area contributed by atoms with Crippen molar-refractivity contribution >= 4 is 35.2 Å². The number of nitro groups is 1. The van der Waals surface area contributed by atoms with Crippen molar-refractivity contribution in [2.75, 3.05) is 16.3 Å². The highest BCUT2D eigenvalue weighted by molar-refractivity contribution is 6.31. The van der Waals surface area contributed by atoms with E-state index in [1.807, 2.05) is 36.1 Å². The van der Waals surface area contributed by atoms with E-state index < -0.39 is 10.8 Å². The van der Waals surface area contributed by atoms with Gasteiger partial charge < -0.3 is 9.32 Å². The van der Waals surface area contributed by atoms with Crippen LogP contribution in [0.2, 0.25) is 0 Å². The Morgan fingerprint density at radius 1 is 1.25 bits per heavy atom. The Morgan fingerprint density at radius 3 is 2.67 bits per heavy atom. The number of guanidine groups is 1. The lowest BCUT2D eigenvalue weighted by Gasteiger charge is -2.16. The van der Waals surface area contributed by atoms with E-state index in [1.54, 1.807) is 4.90 Å². The van der Waals surface area contributed by atoms with E-state index in [0.29, 0.717) is 18.2 Å². The molecule has 0 unspecified atom stereocenters. The summed E-state index contributed by atoms with van der Waals surface area (Å²) in [4.78, 5) is 30.2. The van der Waals surface area contributed by atoms with E-state index >= 15 is 0 Å². The maximum atomic E-state index is 12.3. The number of anilines is 2. The first-order valence-electron chi connectivity index (χ1n) is 7.36. The molecule has 0 saturated heterocycles. The van der Waals surface area contributed by atoms with Crippen LogP contribution in [0, 0.1) is 10.1 Å². The van der Waals surface area contributed by atoms with E-state index in [2.05, 4.69) is 4.99 Å². The third kappa shape index (κ3) is 1.93. The molecule has 8 heteroatoms. The normalized spacial score (nSPS) is 17.3. The summed E-state index contributed by atoms with van der Waals surface area (Å²) in [6.45, 7) is 2.64. The zero-order chi connectivity index (χ0) is 16.8. The first-order chi connectivity index (χ1) is 11.6. The summed E-state index contributed by atoms with van der Waals surface area (Å²) < 4.78 is 5.13. The second kappa shape index (κ2) is 5.05. The first-order valence-corrected chi connectivity index (χ1v) is 7.36. The molecule has 0 bridgehead atoms. The molecule has 4 rings (SSSR count). The molecule has 120 valence electrons. The van der Waals surface area contributed by atoms with Gasteiger partial charge in [0.1, 0.15) is 16.4 Å². The number of amides is 1. The molecule has 0 N–H and O–H groups in total. The highest BCUT2D eigenvalue weighted by atomic mass is 16.6. The summed E-state index contributed by atoms with van der Waals surface area (Å²) in [5.74, 6) is -0.00705. The Balaban J connectivity index is 1.80. The van der Waals surface area contributed by atoms with Crippen LogP contribution in [0.15, 0.2) is 51.5 Å². The monoisotopic (exact) mass is 324 g/mol. The van der Waals surface area contributed by atoms with E-state index in [0.717, 1.165) is 11.4 Å². The van der Waals surface area contributed by atoms with Crippen LogP contribution in [0.1, 0.15) is 12.7 Å². The second-order valence-corrected chi connectivity index (χ2v) is 5.25. The molecular formula is C16H12N4O4. The molecule has 2 aromatic rings. The lowest BCUT2D eigenvalue weighted by Crippen LogP contribution is -2.34. The number of hydrogen-bond donors (Lipinski definition) is 0. The topological polar surface area (TPSA) is 92.2 Å². The lowest BCUT2D eigenvalue weighted by atomic mass is 10.2. The minimum Gasteiger partial charge on any atom is -0.401 e. The summed E-state index contributed by atoms with van der Waals surface area (Å²) >= 11 is 0. The van der Waals surface area contributed by atoms with Crippen molar-refractivity contribution in [2.45, 2.75) is 6.92 Å². The van der Waals surface area contributed by atoms with Crippen LogP contribution in [0.5, 0.6) is 0 Å². The van der Waals surface area contributed by atoms with Crippen molar-refractivity contribution in [3.63, 3.8) is 0 Å². The number of hydrogen-bond acceptors (Lipinski definition) is 6. The molecule has 0 radical (unpaired) electrons. The van der Waals surface area contributed by atoms with Gasteiger partial charge in [-0.1, -0.05) is 12.1 Å². The Bertz CT molecular complexity index is 928. The average Bonchev–Trinajstić information content (AvgIpc) is 3.22. The van der Waals surface area contributed by atoms with Gasteiger partial charge in [-0.15, -0.1) is 0 Å². The van der Waals surface area contributed by atoms with Crippen LogP contribution in [-0.4, -0.2) is 23.3 Å². The van der Waals surface area contributed by atoms with Gasteiger partial charge in [0.15, 0.2) is 0 Å². The predicted octanol–water partition coefficient (Wildman–Crippen LogP) is 2.77. The molecule has 1 aromatic heterocycles. The van der Waals surface area contributed by atoms with Crippen molar-refractivity contribution in [3.8, 4) is 0 Å². The standard InChI is InChI=1S/C16H12N4O4/c1-2-18-11-5-3-4-6-12(11)19-13(15(21)17-16(18)19)9-10-7-8-14(24-10)20(22)23/h3-9H,2H2,1H3/b13-9+. The molecule has 8 nitrogen and oxygen atoms in total. The maximum Gasteiger partial charge on any atom is 0.433 e. The minimum absolute atomic E-state index is 0.230. The van der Waals surface area contributed by atoms with Crippen LogP contribution in [0.3, 0.4) is 0 Å².